The topological polar surface area (TPSA) is 72.5 Å². The lowest BCUT2D eigenvalue weighted by molar-refractivity contribution is -0.00802. The third-order valence-electron chi connectivity index (χ3n) is 4.23. The predicted molar refractivity (Wildman–Crippen MR) is 91.8 cm³/mol. The van der Waals surface area contributed by atoms with Crippen molar-refractivity contribution in [2.75, 3.05) is 33.3 Å². The lowest BCUT2D eigenvalue weighted by Gasteiger charge is -2.34. The van der Waals surface area contributed by atoms with Gasteiger partial charge in [-0.15, -0.1) is 0 Å². The summed E-state index contributed by atoms with van der Waals surface area (Å²) in [5, 5.41) is 7.66. The van der Waals surface area contributed by atoms with Crippen LogP contribution in [0.3, 0.4) is 0 Å². The first-order valence-electron chi connectivity index (χ1n) is 8.21. The molecule has 1 aliphatic heterocycles. The van der Waals surface area contributed by atoms with Crippen LogP contribution in [0.4, 0.5) is 0 Å². The van der Waals surface area contributed by atoms with E-state index in [9.17, 15) is 0 Å². The quantitative estimate of drug-likeness (QED) is 0.655. The highest BCUT2D eigenvalue weighted by Gasteiger charge is 2.24. The van der Waals surface area contributed by atoms with Crippen molar-refractivity contribution in [2.45, 2.75) is 19.6 Å². The molecule has 0 aliphatic carbocycles. The Morgan fingerprint density at radius 2 is 2.38 bits per heavy atom. The van der Waals surface area contributed by atoms with Gasteiger partial charge in [-0.3, -0.25) is 9.67 Å². The molecule has 130 valence electrons. The van der Waals surface area contributed by atoms with Crippen LogP contribution >= 0.6 is 0 Å². The number of aliphatic imine (C=N–C) groups is 1. The molecule has 8 heteroatoms. The van der Waals surface area contributed by atoms with Crippen LogP contribution in [0.15, 0.2) is 29.8 Å². The van der Waals surface area contributed by atoms with Crippen LogP contribution in [0.1, 0.15) is 17.5 Å². The molecule has 1 atom stereocenters. The van der Waals surface area contributed by atoms with Crippen LogP contribution < -0.4 is 5.32 Å². The van der Waals surface area contributed by atoms with Gasteiger partial charge in [-0.2, -0.15) is 5.10 Å². The molecule has 2 aromatic rings. The van der Waals surface area contributed by atoms with Crippen molar-refractivity contribution in [1.29, 1.82) is 0 Å². The first kappa shape index (κ1) is 16.5. The van der Waals surface area contributed by atoms with E-state index in [2.05, 4.69) is 29.9 Å². The third kappa shape index (κ3) is 3.76. The third-order valence-corrected chi connectivity index (χ3v) is 4.23. The summed E-state index contributed by atoms with van der Waals surface area (Å²) in [7, 11) is 3.74. The summed E-state index contributed by atoms with van der Waals surface area (Å²) < 4.78 is 9.82. The van der Waals surface area contributed by atoms with E-state index in [-0.39, 0.29) is 6.10 Å². The van der Waals surface area contributed by atoms with Crippen molar-refractivity contribution in [3.8, 4) is 0 Å². The maximum atomic E-state index is 5.89. The fourth-order valence-electron chi connectivity index (χ4n) is 2.91. The molecule has 3 heterocycles. The van der Waals surface area contributed by atoms with Gasteiger partial charge in [0.05, 0.1) is 19.3 Å². The first-order chi connectivity index (χ1) is 11.7. The Hall–Kier alpha value is -2.35. The number of guanidine groups is 1. The van der Waals surface area contributed by atoms with Gasteiger partial charge in [0.1, 0.15) is 11.9 Å². The summed E-state index contributed by atoms with van der Waals surface area (Å²) in [4.78, 5) is 10.9. The van der Waals surface area contributed by atoms with Gasteiger partial charge in [0.15, 0.2) is 5.96 Å². The number of aryl methyl sites for hydroxylation is 2. The molecule has 0 saturated carbocycles. The molecule has 1 N–H and O–H groups in total. The minimum absolute atomic E-state index is 0.0295. The normalized spacial score (nSPS) is 18.9. The number of hydrogen-bond acceptors (Lipinski definition) is 4. The fourth-order valence-corrected chi connectivity index (χ4v) is 2.91. The summed E-state index contributed by atoms with van der Waals surface area (Å²) in [5.74, 6) is 1.93. The molecule has 1 fully saturated rings. The zero-order valence-corrected chi connectivity index (χ0v) is 14.5. The summed E-state index contributed by atoms with van der Waals surface area (Å²) in [6, 6.07) is 0. The maximum Gasteiger partial charge on any atom is 0.193 e. The number of nitrogens with zero attached hydrogens (tertiary/aromatic N) is 6. The van der Waals surface area contributed by atoms with Gasteiger partial charge >= 0.3 is 0 Å². The molecule has 0 amide bonds. The van der Waals surface area contributed by atoms with Gasteiger partial charge in [-0.1, -0.05) is 0 Å². The number of ether oxygens (including phenoxy) is 1. The lowest BCUT2D eigenvalue weighted by Crippen LogP contribution is -2.48. The van der Waals surface area contributed by atoms with E-state index in [1.807, 2.05) is 45.8 Å². The molecule has 0 spiro atoms. The van der Waals surface area contributed by atoms with Crippen molar-refractivity contribution in [3.63, 3.8) is 0 Å². The average molecular weight is 331 g/mol. The molecule has 1 aliphatic rings. The van der Waals surface area contributed by atoms with Crippen LogP contribution in [0.25, 0.3) is 0 Å². The summed E-state index contributed by atoms with van der Waals surface area (Å²) in [6.45, 7) is 5.96. The average Bonchev–Trinajstić information content (AvgIpc) is 3.20. The number of hydrogen-bond donors (Lipinski definition) is 1. The molecule has 3 rings (SSSR count). The van der Waals surface area contributed by atoms with Gasteiger partial charge < -0.3 is 19.5 Å². The van der Waals surface area contributed by atoms with Gasteiger partial charge in [0.2, 0.25) is 0 Å². The van der Waals surface area contributed by atoms with Crippen LogP contribution in [-0.4, -0.2) is 63.5 Å². The number of nitrogens with one attached hydrogen (secondary N) is 1. The van der Waals surface area contributed by atoms with Crippen LogP contribution in [0.2, 0.25) is 0 Å². The lowest BCUT2D eigenvalue weighted by atomic mass is 10.1. The number of morpholine rings is 1. The van der Waals surface area contributed by atoms with E-state index < -0.39 is 0 Å². The van der Waals surface area contributed by atoms with Gasteiger partial charge in [0.25, 0.3) is 0 Å². The second-order valence-electron chi connectivity index (χ2n) is 5.89. The van der Waals surface area contributed by atoms with Gasteiger partial charge in [-0.25, -0.2) is 4.98 Å². The summed E-state index contributed by atoms with van der Waals surface area (Å²) >= 11 is 0. The van der Waals surface area contributed by atoms with E-state index in [1.54, 1.807) is 4.68 Å². The van der Waals surface area contributed by atoms with E-state index >= 15 is 0 Å². The molecule has 1 unspecified atom stereocenters. The highest BCUT2D eigenvalue weighted by Crippen LogP contribution is 2.21. The predicted octanol–water partition coefficient (Wildman–Crippen LogP) is 0.574. The van der Waals surface area contributed by atoms with Crippen molar-refractivity contribution < 1.29 is 4.74 Å². The zero-order chi connectivity index (χ0) is 16.9. The van der Waals surface area contributed by atoms with Gasteiger partial charge in [-0.05, 0) is 6.92 Å². The molecule has 1 saturated heterocycles. The van der Waals surface area contributed by atoms with E-state index in [1.165, 1.54) is 0 Å². The van der Waals surface area contributed by atoms with E-state index in [0.717, 1.165) is 43.5 Å². The first-order valence-corrected chi connectivity index (χ1v) is 8.21. The summed E-state index contributed by atoms with van der Waals surface area (Å²) in [6.07, 6.45) is 7.72. The fraction of sp³-hybridized carbons (Fsp3) is 0.562. The molecular formula is C16H25N7O. The maximum absolute atomic E-state index is 5.89. The molecule has 0 radical (unpaired) electrons. The van der Waals surface area contributed by atoms with Crippen LogP contribution in [-0.2, 0) is 18.3 Å². The molecule has 2 aromatic heterocycles. The second kappa shape index (κ2) is 7.48. The Kier molecular flexibility index (Phi) is 5.14. The molecule has 24 heavy (non-hydrogen) atoms. The minimum Gasteiger partial charge on any atom is -0.370 e. The highest BCUT2D eigenvalue weighted by atomic mass is 16.5. The highest BCUT2D eigenvalue weighted by molar-refractivity contribution is 5.80. The SMILES string of the molecule is CN=C(NCCn1ccnc1C)N1CCOC(c2cnn(C)c2)C1. The Balaban J connectivity index is 1.56. The molecule has 0 aromatic carbocycles. The minimum atomic E-state index is 0.0295. The zero-order valence-electron chi connectivity index (χ0n) is 14.5. The van der Waals surface area contributed by atoms with Crippen molar-refractivity contribution in [1.82, 2.24) is 29.5 Å². The summed E-state index contributed by atoms with van der Waals surface area (Å²) in [5.41, 5.74) is 1.10. The number of rotatable bonds is 4. The van der Waals surface area contributed by atoms with Crippen LogP contribution in [0, 0.1) is 6.92 Å². The Morgan fingerprint density at radius 1 is 1.50 bits per heavy atom. The number of imidazole rings is 1. The molecule has 0 bridgehead atoms. The van der Waals surface area contributed by atoms with Crippen molar-refractivity contribution >= 4 is 5.96 Å². The van der Waals surface area contributed by atoms with Gasteiger partial charge in [0, 0.05) is 57.9 Å². The Morgan fingerprint density at radius 3 is 3.04 bits per heavy atom. The van der Waals surface area contributed by atoms with Crippen molar-refractivity contribution in [2.24, 2.45) is 12.0 Å². The van der Waals surface area contributed by atoms with E-state index in [0.29, 0.717) is 6.61 Å². The molecule has 8 nitrogen and oxygen atoms in total. The van der Waals surface area contributed by atoms with Crippen LogP contribution in [0.5, 0.6) is 0 Å². The number of aromatic nitrogens is 4. The Bertz CT molecular complexity index is 690. The standard InChI is InChI=1S/C16H25N7O/c1-13-18-4-6-22(13)7-5-19-16(17-2)23-8-9-24-15(12-23)14-10-20-21(3)11-14/h4,6,10-11,15H,5,7-9,12H2,1-3H3,(H,17,19). The second-order valence-corrected chi connectivity index (χ2v) is 5.89. The molecular weight excluding hydrogens is 306 g/mol. The largest absolute Gasteiger partial charge is 0.370 e. The monoisotopic (exact) mass is 331 g/mol. The van der Waals surface area contributed by atoms with E-state index in [4.69, 9.17) is 4.74 Å². The Labute approximate surface area is 142 Å². The smallest absolute Gasteiger partial charge is 0.193 e. The van der Waals surface area contributed by atoms with Crippen molar-refractivity contribution in [3.05, 3.63) is 36.2 Å².